The first-order chi connectivity index (χ1) is 9.23. The van der Waals surface area contributed by atoms with Gasteiger partial charge in [-0.3, -0.25) is 4.79 Å². The van der Waals surface area contributed by atoms with Crippen LogP contribution in [-0.2, 0) is 6.18 Å². The highest BCUT2D eigenvalue weighted by Crippen LogP contribution is 2.43. The lowest BCUT2D eigenvalue weighted by Gasteiger charge is -2.37. The Morgan fingerprint density at radius 1 is 1.20 bits per heavy atom. The van der Waals surface area contributed by atoms with Gasteiger partial charge in [-0.05, 0) is 24.3 Å². The first-order valence-corrected chi connectivity index (χ1v) is 6.94. The summed E-state index contributed by atoms with van der Waals surface area (Å²) < 4.78 is 39.0. The summed E-state index contributed by atoms with van der Waals surface area (Å²) in [7, 11) is 0. The molecule has 1 atom stereocenters. The second-order valence-corrected chi connectivity index (χ2v) is 6.19. The Bertz CT molecular complexity index is 503. The molecule has 1 saturated carbocycles. The maximum Gasteiger partial charge on any atom is 0.417 e. The standard InChI is InChI=1S/C16H19F3O/c1-15(2)10-6-5-9-13(15)14(20)11-7-3-4-8-12(11)16(17,18)19/h3-4,7-8,13H,5-6,9-10H2,1-2H3. The van der Waals surface area contributed by atoms with Crippen molar-refractivity contribution in [3.63, 3.8) is 0 Å². The van der Waals surface area contributed by atoms with Crippen molar-refractivity contribution in [2.45, 2.75) is 45.7 Å². The number of alkyl halides is 3. The largest absolute Gasteiger partial charge is 0.417 e. The summed E-state index contributed by atoms with van der Waals surface area (Å²) in [5.41, 5.74) is -1.22. The Morgan fingerprint density at radius 2 is 1.85 bits per heavy atom. The number of benzene rings is 1. The third-order valence-corrected chi connectivity index (χ3v) is 4.32. The van der Waals surface area contributed by atoms with Crippen molar-refractivity contribution in [2.75, 3.05) is 0 Å². The summed E-state index contributed by atoms with van der Waals surface area (Å²) >= 11 is 0. The molecule has 0 radical (unpaired) electrons. The predicted octanol–water partition coefficient (Wildman–Crippen LogP) is 5.10. The second-order valence-electron chi connectivity index (χ2n) is 6.19. The number of carbonyl (C=O) groups excluding carboxylic acids is 1. The van der Waals surface area contributed by atoms with Crippen molar-refractivity contribution in [1.29, 1.82) is 0 Å². The quantitative estimate of drug-likeness (QED) is 0.690. The number of hydrogen-bond acceptors (Lipinski definition) is 1. The van der Waals surface area contributed by atoms with Gasteiger partial charge in [0.25, 0.3) is 0 Å². The molecular formula is C16H19F3O. The molecule has 0 spiro atoms. The number of carbonyl (C=O) groups is 1. The summed E-state index contributed by atoms with van der Waals surface area (Å²) in [6.45, 7) is 3.95. The molecule has 1 aliphatic rings. The molecule has 1 aliphatic carbocycles. The van der Waals surface area contributed by atoms with Gasteiger partial charge in [-0.2, -0.15) is 13.2 Å². The van der Waals surface area contributed by atoms with Gasteiger partial charge in [0.15, 0.2) is 5.78 Å². The number of rotatable bonds is 2. The van der Waals surface area contributed by atoms with Gasteiger partial charge < -0.3 is 0 Å². The lowest BCUT2D eigenvalue weighted by molar-refractivity contribution is -0.138. The highest BCUT2D eigenvalue weighted by molar-refractivity contribution is 5.99. The highest BCUT2D eigenvalue weighted by Gasteiger charge is 2.41. The minimum atomic E-state index is -4.48. The lowest BCUT2D eigenvalue weighted by Crippen LogP contribution is -2.35. The first-order valence-electron chi connectivity index (χ1n) is 6.94. The summed E-state index contributed by atoms with van der Waals surface area (Å²) in [6.07, 6.45) is -0.966. The van der Waals surface area contributed by atoms with E-state index in [-0.39, 0.29) is 22.7 Å². The fourth-order valence-electron chi connectivity index (χ4n) is 3.11. The molecule has 4 heteroatoms. The van der Waals surface area contributed by atoms with E-state index in [2.05, 4.69) is 0 Å². The SMILES string of the molecule is CC1(C)CCCCC1C(=O)c1ccccc1C(F)(F)F. The third-order valence-electron chi connectivity index (χ3n) is 4.32. The molecule has 0 bridgehead atoms. The normalized spacial score (nSPS) is 22.6. The Hall–Kier alpha value is -1.32. The summed E-state index contributed by atoms with van der Waals surface area (Å²) in [6, 6.07) is 5.11. The molecule has 110 valence electrons. The van der Waals surface area contributed by atoms with Crippen molar-refractivity contribution in [3.05, 3.63) is 35.4 Å². The first kappa shape index (κ1) is 15.1. The van der Waals surface area contributed by atoms with Crippen LogP contribution in [0.4, 0.5) is 13.2 Å². The van der Waals surface area contributed by atoms with Gasteiger partial charge in [0.05, 0.1) is 5.56 Å². The fourth-order valence-corrected chi connectivity index (χ4v) is 3.11. The molecule has 1 fully saturated rings. The van der Waals surface area contributed by atoms with Crippen LogP contribution in [0.3, 0.4) is 0 Å². The monoisotopic (exact) mass is 284 g/mol. The topological polar surface area (TPSA) is 17.1 Å². The van der Waals surface area contributed by atoms with Crippen LogP contribution < -0.4 is 0 Å². The average Bonchev–Trinajstić information content (AvgIpc) is 2.36. The van der Waals surface area contributed by atoms with Gasteiger partial charge in [0.2, 0.25) is 0 Å². The van der Waals surface area contributed by atoms with Gasteiger partial charge in [-0.1, -0.05) is 44.9 Å². The molecule has 1 aromatic rings. The number of hydrogen-bond donors (Lipinski definition) is 0. The molecule has 1 nitrogen and oxygen atoms in total. The van der Waals surface area contributed by atoms with E-state index in [1.54, 1.807) is 0 Å². The number of halogens is 3. The van der Waals surface area contributed by atoms with Crippen LogP contribution in [-0.4, -0.2) is 5.78 Å². The molecule has 2 rings (SSSR count). The van der Waals surface area contributed by atoms with Crippen LogP contribution in [0.15, 0.2) is 24.3 Å². The van der Waals surface area contributed by atoms with Crippen LogP contribution in [0, 0.1) is 11.3 Å². The predicted molar refractivity (Wildman–Crippen MR) is 71.5 cm³/mol. The lowest BCUT2D eigenvalue weighted by atomic mass is 9.66. The zero-order chi connectivity index (χ0) is 15.0. The Morgan fingerprint density at radius 3 is 2.45 bits per heavy atom. The van der Waals surface area contributed by atoms with E-state index < -0.39 is 11.7 Å². The second kappa shape index (κ2) is 5.23. The molecule has 1 aromatic carbocycles. The average molecular weight is 284 g/mol. The van der Waals surface area contributed by atoms with Crippen molar-refractivity contribution < 1.29 is 18.0 Å². The minimum absolute atomic E-state index is 0.181. The number of Topliss-reactive ketones (excluding diaryl/α,β-unsaturated/α-hetero) is 1. The summed E-state index contributed by atoms with van der Waals surface area (Å²) in [5.74, 6) is -0.678. The minimum Gasteiger partial charge on any atom is -0.294 e. The smallest absolute Gasteiger partial charge is 0.294 e. The zero-order valence-corrected chi connectivity index (χ0v) is 11.8. The van der Waals surface area contributed by atoms with Gasteiger partial charge in [-0.25, -0.2) is 0 Å². The Labute approximate surface area is 117 Å². The number of ketones is 1. The van der Waals surface area contributed by atoms with E-state index in [0.717, 1.165) is 25.3 Å². The maximum atomic E-state index is 13.0. The Kier molecular flexibility index (Phi) is 3.94. The molecular weight excluding hydrogens is 265 g/mol. The van der Waals surface area contributed by atoms with Crippen LogP contribution in [0.2, 0.25) is 0 Å². The van der Waals surface area contributed by atoms with Gasteiger partial charge in [-0.15, -0.1) is 0 Å². The molecule has 0 amide bonds. The van der Waals surface area contributed by atoms with Crippen LogP contribution in [0.5, 0.6) is 0 Å². The van der Waals surface area contributed by atoms with Crippen molar-refractivity contribution in [3.8, 4) is 0 Å². The third kappa shape index (κ3) is 2.89. The van der Waals surface area contributed by atoms with Crippen LogP contribution >= 0.6 is 0 Å². The molecule has 0 N–H and O–H groups in total. The van der Waals surface area contributed by atoms with Gasteiger partial charge in [0, 0.05) is 11.5 Å². The van der Waals surface area contributed by atoms with Gasteiger partial charge >= 0.3 is 6.18 Å². The van der Waals surface area contributed by atoms with Crippen molar-refractivity contribution >= 4 is 5.78 Å². The molecule has 20 heavy (non-hydrogen) atoms. The molecule has 0 aliphatic heterocycles. The van der Waals surface area contributed by atoms with Crippen LogP contribution in [0.25, 0.3) is 0 Å². The summed E-state index contributed by atoms with van der Waals surface area (Å²) in [5, 5.41) is 0. The highest BCUT2D eigenvalue weighted by atomic mass is 19.4. The zero-order valence-electron chi connectivity index (χ0n) is 11.8. The van der Waals surface area contributed by atoms with Crippen molar-refractivity contribution in [1.82, 2.24) is 0 Å². The van der Waals surface area contributed by atoms with Crippen molar-refractivity contribution in [2.24, 2.45) is 11.3 Å². The molecule has 0 saturated heterocycles. The van der Waals surface area contributed by atoms with E-state index in [1.165, 1.54) is 18.2 Å². The Balaban J connectivity index is 2.39. The summed E-state index contributed by atoms with van der Waals surface area (Å²) in [4.78, 5) is 12.6. The van der Waals surface area contributed by atoms with E-state index in [9.17, 15) is 18.0 Å². The molecule has 1 unspecified atom stereocenters. The van der Waals surface area contributed by atoms with Crippen LogP contribution in [0.1, 0.15) is 55.5 Å². The van der Waals surface area contributed by atoms with E-state index in [4.69, 9.17) is 0 Å². The fraction of sp³-hybridized carbons (Fsp3) is 0.562. The maximum absolute atomic E-state index is 13.0. The van der Waals surface area contributed by atoms with E-state index in [0.29, 0.717) is 6.42 Å². The molecule has 0 aromatic heterocycles. The van der Waals surface area contributed by atoms with E-state index in [1.807, 2.05) is 13.8 Å². The van der Waals surface area contributed by atoms with E-state index >= 15 is 0 Å². The van der Waals surface area contributed by atoms with Gasteiger partial charge in [0.1, 0.15) is 0 Å². The molecule has 0 heterocycles.